The van der Waals surface area contributed by atoms with Gasteiger partial charge in [0.2, 0.25) is 17.7 Å². The van der Waals surface area contributed by atoms with Crippen molar-refractivity contribution in [2.24, 2.45) is 11.3 Å². The van der Waals surface area contributed by atoms with E-state index in [1.807, 2.05) is 34.5 Å². The van der Waals surface area contributed by atoms with Crippen LogP contribution in [0.25, 0.3) is 11.3 Å². The Morgan fingerprint density at radius 2 is 1.88 bits per heavy atom. The fraction of sp³-hybridized carbons (Fsp3) is 0.625. The van der Waals surface area contributed by atoms with Crippen molar-refractivity contribution in [2.45, 2.75) is 101 Å². The van der Waals surface area contributed by atoms with E-state index in [1.165, 1.54) is 0 Å². The summed E-state index contributed by atoms with van der Waals surface area (Å²) in [4.78, 5) is 25.4. The Labute approximate surface area is 249 Å². The third-order valence-electron chi connectivity index (χ3n) is 10.3. The van der Waals surface area contributed by atoms with Gasteiger partial charge in [-0.15, -0.1) is 11.3 Å². The van der Waals surface area contributed by atoms with Gasteiger partial charge in [-0.25, -0.2) is 13.8 Å². The Balaban J connectivity index is 1.13. The summed E-state index contributed by atoms with van der Waals surface area (Å²) in [5, 5.41) is 7.19. The average molecular weight is 597 g/mol. The molecule has 7 nitrogen and oxygen atoms in total. The Morgan fingerprint density at radius 1 is 1.10 bits per heavy atom. The van der Waals surface area contributed by atoms with E-state index >= 15 is 0 Å². The summed E-state index contributed by atoms with van der Waals surface area (Å²) in [7, 11) is 1.65. The molecule has 2 heterocycles. The van der Waals surface area contributed by atoms with Gasteiger partial charge in [-0.2, -0.15) is 4.98 Å². The molecule has 1 unspecified atom stereocenters. The van der Waals surface area contributed by atoms with Crippen LogP contribution in [0, 0.1) is 11.3 Å². The predicted molar refractivity (Wildman–Crippen MR) is 156 cm³/mol. The smallest absolute Gasteiger partial charge is 0.248 e. The van der Waals surface area contributed by atoms with E-state index in [4.69, 9.17) is 19.2 Å². The van der Waals surface area contributed by atoms with Crippen LogP contribution in [0.1, 0.15) is 99.7 Å². The molecule has 0 N–H and O–H groups in total. The molecule has 224 valence electrons. The number of amides is 1. The van der Waals surface area contributed by atoms with Gasteiger partial charge in [0, 0.05) is 60.9 Å². The SMILES string of the molecule is COCc1nc(-c2cccc(N(CC34CCC(c5nc(C6CC6)no5)(CC3)CC4)C(=O)CC3CCC(F)(F)C3)c2)cs1. The van der Waals surface area contributed by atoms with Gasteiger partial charge in [0.1, 0.15) is 5.01 Å². The highest BCUT2D eigenvalue weighted by Crippen LogP contribution is 2.58. The number of hydrogen-bond donors (Lipinski definition) is 0. The molecule has 5 fully saturated rings. The van der Waals surface area contributed by atoms with E-state index in [9.17, 15) is 13.6 Å². The van der Waals surface area contributed by atoms with Crippen LogP contribution in [-0.4, -0.2) is 40.6 Å². The van der Waals surface area contributed by atoms with Gasteiger partial charge >= 0.3 is 0 Å². The Bertz CT molecular complexity index is 1430. The number of nitrogens with zero attached hydrogens (tertiary/aromatic N) is 4. The summed E-state index contributed by atoms with van der Waals surface area (Å²) >= 11 is 1.55. The monoisotopic (exact) mass is 596 g/mol. The van der Waals surface area contributed by atoms with E-state index < -0.39 is 5.92 Å². The molecule has 1 aromatic carbocycles. The minimum Gasteiger partial charge on any atom is -0.378 e. The fourth-order valence-corrected chi connectivity index (χ4v) is 8.25. The molecule has 0 radical (unpaired) electrons. The molecule has 8 rings (SSSR count). The number of ether oxygens (including phenoxy) is 1. The van der Waals surface area contributed by atoms with Crippen molar-refractivity contribution in [2.75, 3.05) is 18.6 Å². The second-order valence-corrected chi connectivity index (χ2v) is 14.2. The molecule has 5 saturated carbocycles. The largest absolute Gasteiger partial charge is 0.378 e. The molecule has 1 atom stereocenters. The van der Waals surface area contributed by atoms with E-state index in [-0.39, 0.29) is 41.9 Å². The van der Waals surface area contributed by atoms with Crippen LogP contribution in [0.5, 0.6) is 0 Å². The quantitative estimate of drug-likeness (QED) is 0.239. The molecule has 0 spiro atoms. The highest BCUT2D eigenvalue weighted by atomic mass is 32.1. The normalized spacial score (nSPS) is 28.3. The lowest BCUT2D eigenvalue weighted by molar-refractivity contribution is -0.120. The van der Waals surface area contributed by atoms with Crippen molar-refractivity contribution in [1.29, 1.82) is 0 Å². The van der Waals surface area contributed by atoms with Crippen molar-refractivity contribution in [1.82, 2.24) is 15.1 Å². The zero-order valence-electron chi connectivity index (χ0n) is 24.1. The highest BCUT2D eigenvalue weighted by molar-refractivity contribution is 7.09. The second-order valence-electron chi connectivity index (χ2n) is 13.3. The zero-order chi connectivity index (χ0) is 29.0. The lowest BCUT2D eigenvalue weighted by atomic mass is 9.53. The van der Waals surface area contributed by atoms with Crippen molar-refractivity contribution in [3.8, 4) is 11.3 Å². The zero-order valence-corrected chi connectivity index (χ0v) is 24.9. The Kier molecular flexibility index (Phi) is 7.20. The Morgan fingerprint density at radius 3 is 2.57 bits per heavy atom. The number of halogens is 2. The number of carbonyl (C=O) groups excluding carboxylic acids is 1. The van der Waals surface area contributed by atoms with Crippen molar-refractivity contribution >= 4 is 22.9 Å². The number of benzene rings is 1. The molecule has 5 aliphatic carbocycles. The highest BCUT2D eigenvalue weighted by Gasteiger charge is 2.53. The number of rotatable bonds is 10. The number of anilines is 1. The molecule has 0 saturated heterocycles. The number of hydrogen-bond acceptors (Lipinski definition) is 7. The second kappa shape index (κ2) is 10.8. The maximum Gasteiger partial charge on any atom is 0.248 e. The molecule has 0 aliphatic heterocycles. The first-order valence-corrected chi connectivity index (χ1v) is 16.2. The summed E-state index contributed by atoms with van der Waals surface area (Å²) in [6.07, 6.45) is 8.36. The first-order chi connectivity index (χ1) is 20.3. The van der Waals surface area contributed by atoms with E-state index in [1.54, 1.807) is 18.4 Å². The van der Waals surface area contributed by atoms with Crippen LogP contribution in [0.2, 0.25) is 0 Å². The topological polar surface area (TPSA) is 81.3 Å². The van der Waals surface area contributed by atoms with Gasteiger partial charge < -0.3 is 14.2 Å². The minimum absolute atomic E-state index is 0.0152. The first-order valence-electron chi connectivity index (χ1n) is 15.3. The van der Waals surface area contributed by atoms with E-state index in [0.29, 0.717) is 25.5 Å². The maximum atomic E-state index is 14.0. The third kappa shape index (κ3) is 5.52. The van der Waals surface area contributed by atoms with Gasteiger partial charge in [-0.3, -0.25) is 4.79 Å². The third-order valence-corrected chi connectivity index (χ3v) is 11.1. The molecular weight excluding hydrogens is 558 g/mol. The molecule has 1 amide bonds. The van der Waals surface area contributed by atoms with Gasteiger partial charge in [-0.1, -0.05) is 17.3 Å². The summed E-state index contributed by atoms with van der Waals surface area (Å²) < 4.78 is 39.1. The van der Waals surface area contributed by atoms with Crippen LogP contribution < -0.4 is 4.90 Å². The number of methoxy groups -OCH3 is 1. The molecule has 2 bridgehead atoms. The number of thiazole rings is 1. The number of fused-ring (bicyclic) bond motifs is 3. The summed E-state index contributed by atoms with van der Waals surface area (Å²) in [6.45, 7) is 1.05. The lowest BCUT2D eigenvalue weighted by Crippen LogP contribution is -2.51. The number of alkyl halides is 2. The van der Waals surface area contributed by atoms with Crippen LogP contribution in [0.15, 0.2) is 34.2 Å². The van der Waals surface area contributed by atoms with Gasteiger partial charge in [0.25, 0.3) is 0 Å². The van der Waals surface area contributed by atoms with Gasteiger partial charge in [0.15, 0.2) is 5.82 Å². The molecule has 3 aromatic rings. The lowest BCUT2D eigenvalue weighted by Gasteiger charge is -2.53. The predicted octanol–water partition coefficient (Wildman–Crippen LogP) is 7.67. The van der Waals surface area contributed by atoms with Crippen LogP contribution >= 0.6 is 11.3 Å². The van der Waals surface area contributed by atoms with E-state index in [0.717, 1.165) is 85.0 Å². The maximum absolute atomic E-state index is 14.0. The summed E-state index contributed by atoms with van der Waals surface area (Å²) in [5.74, 6) is -0.869. The molecule has 10 heteroatoms. The van der Waals surface area contributed by atoms with Crippen LogP contribution in [0.4, 0.5) is 14.5 Å². The molecule has 42 heavy (non-hydrogen) atoms. The minimum atomic E-state index is -2.66. The van der Waals surface area contributed by atoms with E-state index in [2.05, 4.69) is 5.16 Å². The standard InChI is InChI=1S/C32H38F2N4O3S/c1-40-18-26-35-25(19-42-26)23-3-2-4-24(16-23)38(27(39)15-21-7-8-32(33,34)17-21)20-30-9-12-31(13-10-30,14-11-30)29-36-28(37-41-29)22-5-6-22/h2-4,16,19,21-22H,5-15,17-18,20H2,1H3. The van der Waals surface area contributed by atoms with Gasteiger partial charge in [-0.05, 0) is 81.3 Å². The average Bonchev–Trinajstić information content (AvgIpc) is 3.36. The number of carbonyl (C=O) groups is 1. The number of aromatic nitrogens is 3. The summed E-state index contributed by atoms with van der Waals surface area (Å²) in [5.41, 5.74) is 2.52. The molecular formula is C32H38F2N4O3S. The molecule has 5 aliphatic rings. The first kappa shape index (κ1) is 28.1. The van der Waals surface area contributed by atoms with Crippen molar-refractivity contribution in [3.05, 3.63) is 46.4 Å². The van der Waals surface area contributed by atoms with Crippen molar-refractivity contribution < 1.29 is 22.8 Å². The van der Waals surface area contributed by atoms with Crippen molar-refractivity contribution in [3.63, 3.8) is 0 Å². The summed E-state index contributed by atoms with van der Waals surface area (Å²) in [6, 6.07) is 7.96. The molecule has 2 aromatic heterocycles. The van der Waals surface area contributed by atoms with Gasteiger partial charge in [0.05, 0.1) is 12.3 Å². The van der Waals surface area contributed by atoms with Crippen LogP contribution in [-0.2, 0) is 21.6 Å². The van der Waals surface area contributed by atoms with Crippen LogP contribution in [0.3, 0.4) is 0 Å². The fourth-order valence-electron chi connectivity index (χ4n) is 7.48. The Hall–Kier alpha value is -2.72.